The Bertz CT molecular complexity index is 1150. The molecule has 0 unspecified atom stereocenters. The number of benzene rings is 2. The molecule has 0 heterocycles. The molecular formula is C40H62ClNO11. The minimum atomic E-state index is -0.362. The minimum absolute atomic E-state index is 0.0407. The summed E-state index contributed by atoms with van der Waals surface area (Å²) < 4.78 is 55.4. The number of carbonyl (C=O) groups is 1. The predicted molar refractivity (Wildman–Crippen MR) is 204 cm³/mol. The highest BCUT2D eigenvalue weighted by molar-refractivity contribution is 6.17. The van der Waals surface area contributed by atoms with E-state index in [4.69, 9.17) is 59.0 Å². The second kappa shape index (κ2) is 30.9. The number of carbonyl (C=O) groups excluding carboxylic acids is 1. The fraction of sp³-hybridized carbons (Fsp3) is 0.675. The first-order valence-electron chi connectivity index (χ1n) is 19.0. The van der Waals surface area contributed by atoms with Crippen molar-refractivity contribution in [3.8, 4) is 11.1 Å². The lowest BCUT2D eigenvalue weighted by atomic mass is 9.98. The van der Waals surface area contributed by atoms with E-state index in [0.29, 0.717) is 125 Å². The normalized spacial score (nSPS) is 12.3. The molecule has 2 aromatic rings. The largest absolute Gasteiger partial charge is 0.448 e. The van der Waals surface area contributed by atoms with Crippen LogP contribution in [0.5, 0.6) is 0 Å². The average molecular weight is 768 g/mol. The molecule has 0 N–H and O–H groups in total. The van der Waals surface area contributed by atoms with Gasteiger partial charge in [-0.2, -0.15) is 0 Å². The van der Waals surface area contributed by atoms with Crippen molar-refractivity contribution < 1.29 is 52.2 Å². The maximum atomic E-state index is 12.6. The lowest BCUT2D eigenvalue weighted by Gasteiger charge is -2.19. The van der Waals surface area contributed by atoms with Crippen LogP contribution in [0.1, 0.15) is 42.7 Å². The van der Waals surface area contributed by atoms with E-state index in [1.807, 2.05) is 24.3 Å². The molecule has 2 aromatic carbocycles. The lowest BCUT2D eigenvalue weighted by molar-refractivity contribution is -0.0252. The van der Waals surface area contributed by atoms with Gasteiger partial charge in [0.05, 0.1) is 112 Å². The second-order valence-electron chi connectivity index (χ2n) is 12.3. The fourth-order valence-corrected chi connectivity index (χ4v) is 5.70. The number of ether oxygens (including phenoxy) is 10. The lowest BCUT2D eigenvalue weighted by Crippen LogP contribution is -2.32. The van der Waals surface area contributed by atoms with Gasteiger partial charge < -0.3 is 52.3 Å². The van der Waals surface area contributed by atoms with Gasteiger partial charge in [-0.1, -0.05) is 61.4 Å². The monoisotopic (exact) mass is 767 g/mol. The van der Waals surface area contributed by atoms with Crippen molar-refractivity contribution in [3.05, 3.63) is 59.7 Å². The SMILES string of the molecule is CN(CCOCCOCCOCCOCCOCCOCCOCCOCCOCCCCCCCl)C(=O)OCC1c2ccccc2-c2ccccc21. The van der Waals surface area contributed by atoms with Gasteiger partial charge in [0.1, 0.15) is 6.61 Å². The van der Waals surface area contributed by atoms with Crippen molar-refractivity contribution in [2.24, 2.45) is 0 Å². The van der Waals surface area contributed by atoms with Crippen molar-refractivity contribution in [2.75, 3.05) is 145 Å². The van der Waals surface area contributed by atoms with Gasteiger partial charge in [0.15, 0.2) is 0 Å². The third-order valence-electron chi connectivity index (χ3n) is 8.37. The van der Waals surface area contributed by atoms with Gasteiger partial charge in [-0.05, 0) is 35.1 Å². The average Bonchev–Trinajstić information content (AvgIpc) is 3.50. The number of fused-ring (bicyclic) bond motifs is 3. The highest BCUT2D eigenvalue weighted by atomic mass is 35.5. The van der Waals surface area contributed by atoms with Crippen LogP contribution < -0.4 is 0 Å². The molecule has 1 aliphatic rings. The van der Waals surface area contributed by atoms with Crippen LogP contribution in [0.15, 0.2) is 48.5 Å². The summed E-state index contributed by atoms with van der Waals surface area (Å²) in [5.41, 5.74) is 4.80. The molecule has 3 rings (SSSR count). The molecule has 0 saturated carbocycles. The Balaban J connectivity index is 0.980. The van der Waals surface area contributed by atoms with Gasteiger partial charge in [-0.15, -0.1) is 11.6 Å². The summed E-state index contributed by atoms with van der Waals surface area (Å²) in [7, 11) is 1.72. The van der Waals surface area contributed by atoms with Gasteiger partial charge >= 0.3 is 6.09 Å². The summed E-state index contributed by atoms with van der Waals surface area (Å²) in [6, 6.07) is 16.6. The summed E-state index contributed by atoms with van der Waals surface area (Å²) in [5.74, 6) is 0.780. The first kappa shape index (κ1) is 45.0. The molecule has 12 nitrogen and oxygen atoms in total. The van der Waals surface area contributed by atoms with Crippen LogP contribution in [0.3, 0.4) is 0 Å². The fourth-order valence-electron chi connectivity index (χ4n) is 5.51. The number of rotatable bonds is 35. The smallest absolute Gasteiger partial charge is 0.409 e. The highest BCUT2D eigenvalue weighted by Gasteiger charge is 2.29. The van der Waals surface area contributed by atoms with E-state index in [1.54, 1.807) is 7.05 Å². The quantitative estimate of drug-likeness (QED) is 0.0626. The molecule has 1 amide bonds. The van der Waals surface area contributed by atoms with E-state index >= 15 is 0 Å². The van der Waals surface area contributed by atoms with Gasteiger partial charge in [0.2, 0.25) is 0 Å². The van der Waals surface area contributed by atoms with Crippen LogP contribution in [-0.4, -0.2) is 156 Å². The van der Waals surface area contributed by atoms with Crippen molar-refractivity contribution in [2.45, 2.75) is 31.6 Å². The van der Waals surface area contributed by atoms with Crippen molar-refractivity contribution >= 4 is 17.7 Å². The third-order valence-corrected chi connectivity index (χ3v) is 8.63. The third kappa shape index (κ3) is 20.2. The maximum Gasteiger partial charge on any atom is 0.409 e. The molecule has 53 heavy (non-hydrogen) atoms. The topological polar surface area (TPSA) is 113 Å². The number of halogens is 1. The number of amides is 1. The van der Waals surface area contributed by atoms with E-state index in [-0.39, 0.29) is 12.0 Å². The van der Waals surface area contributed by atoms with Crippen LogP contribution in [0.25, 0.3) is 11.1 Å². The summed E-state index contributed by atoms with van der Waals surface area (Å²) in [6.07, 6.45) is 4.12. The number of unbranched alkanes of at least 4 members (excludes halogenated alkanes) is 3. The second-order valence-corrected chi connectivity index (χ2v) is 12.7. The van der Waals surface area contributed by atoms with E-state index < -0.39 is 0 Å². The zero-order chi connectivity index (χ0) is 37.4. The van der Waals surface area contributed by atoms with Gasteiger partial charge in [-0.25, -0.2) is 4.79 Å². The Morgan fingerprint density at radius 1 is 0.509 bits per heavy atom. The Hall–Kier alpha value is -2.36. The zero-order valence-corrected chi connectivity index (χ0v) is 32.4. The standard InChI is InChI=1S/C40H62ClNO11/c1-42(40(43)53-34-39-37-12-6-4-10-35(37)36-11-5-7-13-38(36)39)15-17-45-19-21-47-23-25-49-27-29-51-31-33-52-32-30-50-28-26-48-24-22-46-20-18-44-16-9-3-2-8-14-41/h4-7,10-13,39H,2-3,8-9,14-34H2,1H3. The van der Waals surface area contributed by atoms with E-state index in [2.05, 4.69) is 24.3 Å². The van der Waals surface area contributed by atoms with Crippen molar-refractivity contribution in [1.82, 2.24) is 4.90 Å². The minimum Gasteiger partial charge on any atom is -0.448 e. The van der Waals surface area contributed by atoms with Crippen molar-refractivity contribution in [3.63, 3.8) is 0 Å². The molecule has 1 aliphatic carbocycles. The summed E-state index contributed by atoms with van der Waals surface area (Å²) in [6.45, 7) is 10.0. The number of nitrogens with zero attached hydrogens (tertiary/aromatic N) is 1. The Morgan fingerprint density at radius 2 is 0.868 bits per heavy atom. The number of hydrogen-bond acceptors (Lipinski definition) is 11. The summed E-state index contributed by atoms with van der Waals surface area (Å²) in [5, 5.41) is 0. The number of likely N-dealkylation sites (N-methyl/N-ethyl adjacent to an activating group) is 1. The molecular weight excluding hydrogens is 706 g/mol. The van der Waals surface area contributed by atoms with Crippen LogP contribution >= 0.6 is 11.6 Å². The molecule has 0 aromatic heterocycles. The van der Waals surface area contributed by atoms with Gasteiger partial charge in [0, 0.05) is 32.0 Å². The van der Waals surface area contributed by atoms with E-state index in [9.17, 15) is 4.79 Å². The molecule has 0 atom stereocenters. The molecule has 300 valence electrons. The molecule has 0 saturated heterocycles. The summed E-state index contributed by atoms with van der Waals surface area (Å²) in [4.78, 5) is 14.1. The number of hydrogen-bond donors (Lipinski definition) is 0. The van der Waals surface area contributed by atoms with Crippen LogP contribution in [0, 0.1) is 0 Å². The number of alkyl halides is 1. The molecule has 0 radical (unpaired) electrons. The first-order valence-corrected chi connectivity index (χ1v) is 19.6. The van der Waals surface area contributed by atoms with Crippen LogP contribution in [-0.2, 0) is 47.4 Å². The van der Waals surface area contributed by atoms with Crippen LogP contribution in [0.4, 0.5) is 4.79 Å². The van der Waals surface area contributed by atoms with E-state index in [1.165, 1.54) is 33.6 Å². The van der Waals surface area contributed by atoms with E-state index in [0.717, 1.165) is 31.7 Å². The Morgan fingerprint density at radius 3 is 1.28 bits per heavy atom. The van der Waals surface area contributed by atoms with Crippen molar-refractivity contribution in [1.29, 1.82) is 0 Å². The molecule has 0 fully saturated rings. The van der Waals surface area contributed by atoms with Gasteiger partial charge in [0.25, 0.3) is 0 Å². The Labute approximate surface area is 321 Å². The molecule has 0 bridgehead atoms. The Kier molecular flexibility index (Phi) is 26.3. The first-order chi connectivity index (χ1) is 26.2. The molecule has 0 spiro atoms. The molecule has 13 heteroatoms. The van der Waals surface area contributed by atoms with Gasteiger partial charge in [-0.3, -0.25) is 0 Å². The summed E-state index contributed by atoms with van der Waals surface area (Å²) >= 11 is 5.66. The maximum absolute atomic E-state index is 12.6. The highest BCUT2D eigenvalue weighted by Crippen LogP contribution is 2.44. The molecule has 0 aliphatic heterocycles. The zero-order valence-electron chi connectivity index (χ0n) is 31.7. The predicted octanol–water partition coefficient (Wildman–Crippen LogP) is 5.82. The van der Waals surface area contributed by atoms with Crippen LogP contribution in [0.2, 0.25) is 0 Å².